The Morgan fingerprint density at radius 2 is 2.00 bits per heavy atom. The van der Waals surface area contributed by atoms with Gasteiger partial charge in [-0.1, -0.05) is 0 Å². The van der Waals surface area contributed by atoms with E-state index in [1.807, 2.05) is 6.92 Å². The van der Waals surface area contributed by atoms with Crippen LogP contribution in [-0.4, -0.2) is 60.1 Å². The van der Waals surface area contributed by atoms with E-state index in [1.54, 1.807) is 4.90 Å². The lowest BCUT2D eigenvalue weighted by atomic mass is 10.0. The van der Waals surface area contributed by atoms with Gasteiger partial charge in [-0.2, -0.15) is 0 Å². The number of ether oxygens (including phenoxy) is 1. The predicted molar refractivity (Wildman–Crippen MR) is 73.5 cm³/mol. The molecule has 1 saturated carbocycles. The van der Waals surface area contributed by atoms with Crippen LogP contribution in [0.4, 0.5) is 0 Å². The van der Waals surface area contributed by atoms with Gasteiger partial charge in [-0.05, 0) is 26.2 Å². The van der Waals surface area contributed by atoms with E-state index >= 15 is 0 Å². The third-order valence-corrected chi connectivity index (χ3v) is 4.20. The Balaban J connectivity index is 2.02. The molecular formula is C14H22N2O5. The average Bonchev–Trinajstić information content (AvgIpc) is 2.97. The number of hydrogen-bond donors (Lipinski definition) is 2. The Bertz CT molecular complexity index is 426. The summed E-state index contributed by atoms with van der Waals surface area (Å²) in [6, 6.07) is -0.602. The Kier molecular flexibility index (Phi) is 5.17. The number of likely N-dealkylation sites (N-methyl/N-ethyl adjacent to an activating group) is 1. The molecule has 2 rings (SSSR count). The Hall–Kier alpha value is -1.63. The maximum Gasteiger partial charge on any atom is 0.306 e. The van der Waals surface area contributed by atoms with Crippen LogP contribution >= 0.6 is 0 Å². The topological polar surface area (TPSA) is 95.9 Å². The summed E-state index contributed by atoms with van der Waals surface area (Å²) in [7, 11) is 0. The van der Waals surface area contributed by atoms with Gasteiger partial charge in [0.2, 0.25) is 11.8 Å². The first kappa shape index (κ1) is 15.8. The molecule has 118 valence electrons. The third kappa shape index (κ3) is 3.53. The third-order valence-electron chi connectivity index (χ3n) is 4.20. The summed E-state index contributed by atoms with van der Waals surface area (Å²) in [6.07, 6.45) is 1.48. The lowest BCUT2D eigenvalue weighted by Crippen LogP contribution is -2.57. The van der Waals surface area contributed by atoms with Crippen LogP contribution in [0.5, 0.6) is 0 Å². The highest BCUT2D eigenvalue weighted by molar-refractivity contribution is 5.89. The Labute approximate surface area is 123 Å². The lowest BCUT2D eigenvalue weighted by Gasteiger charge is -2.36. The molecule has 1 aliphatic heterocycles. The van der Waals surface area contributed by atoms with Gasteiger partial charge in [0.05, 0.1) is 19.1 Å². The molecule has 0 spiro atoms. The number of carbonyl (C=O) groups excluding carboxylic acids is 2. The van der Waals surface area contributed by atoms with Gasteiger partial charge in [0.15, 0.2) is 0 Å². The van der Waals surface area contributed by atoms with Gasteiger partial charge >= 0.3 is 5.97 Å². The van der Waals surface area contributed by atoms with E-state index in [0.29, 0.717) is 39.0 Å². The summed E-state index contributed by atoms with van der Waals surface area (Å²) in [5.41, 5.74) is 0. The highest BCUT2D eigenvalue weighted by atomic mass is 16.5. The molecule has 2 amide bonds. The molecule has 21 heavy (non-hydrogen) atoms. The van der Waals surface area contributed by atoms with E-state index in [1.165, 1.54) is 0 Å². The number of aliphatic carboxylic acids is 1. The van der Waals surface area contributed by atoms with Gasteiger partial charge in [0.25, 0.3) is 0 Å². The molecule has 0 radical (unpaired) electrons. The van der Waals surface area contributed by atoms with Gasteiger partial charge in [0, 0.05) is 19.0 Å². The molecule has 7 nitrogen and oxygen atoms in total. The van der Waals surface area contributed by atoms with E-state index in [0.717, 1.165) is 0 Å². The van der Waals surface area contributed by atoms with Gasteiger partial charge in [-0.3, -0.25) is 14.4 Å². The molecule has 2 aliphatic rings. The summed E-state index contributed by atoms with van der Waals surface area (Å²) >= 11 is 0. The van der Waals surface area contributed by atoms with Crippen molar-refractivity contribution >= 4 is 17.8 Å². The van der Waals surface area contributed by atoms with Crippen molar-refractivity contribution in [3.8, 4) is 0 Å². The van der Waals surface area contributed by atoms with Crippen LogP contribution in [0.2, 0.25) is 0 Å². The van der Waals surface area contributed by atoms with Crippen molar-refractivity contribution < 1.29 is 24.2 Å². The average molecular weight is 298 g/mol. The minimum Gasteiger partial charge on any atom is -0.481 e. The number of morpholine rings is 1. The first-order chi connectivity index (χ1) is 10.0. The zero-order valence-corrected chi connectivity index (χ0v) is 12.2. The van der Waals surface area contributed by atoms with Crippen LogP contribution in [0, 0.1) is 11.8 Å². The van der Waals surface area contributed by atoms with E-state index in [2.05, 4.69) is 5.32 Å². The molecular weight excluding hydrogens is 276 g/mol. The number of carboxylic acid groups (broad SMARTS) is 1. The fraction of sp³-hybridized carbons (Fsp3) is 0.786. The first-order valence-corrected chi connectivity index (χ1v) is 7.43. The maximum atomic E-state index is 12.6. The highest BCUT2D eigenvalue weighted by Gasteiger charge is 2.40. The first-order valence-electron chi connectivity index (χ1n) is 7.43. The molecule has 1 heterocycles. The largest absolute Gasteiger partial charge is 0.481 e. The summed E-state index contributed by atoms with van der Waals surface area (Å²) in [4.78, 5) is 37.2. The second-order valence-corrected chi connectivity index (χ2v) is 5.56. The number of carboxylic acids is 1. The second kappa shape index (κ2) is 6.89. The molecule has 3 atom stereocenters. The van der Waals surface area contributed by atoms with Crippen LogP contribution in [-0.2, 0) is 19.1 Å². The van der Waals surface area contributed by atoms with Crippen molar-refractivity contribution in [2.24, 2.45) is 11.8 Å². The standard InChI is InChI=1S/C14H22N2O5/c1-2-15-12(17)11-8-21-6-5-16(11)13(18)9-3-4-10(7-9)14(19)20/h9-11H,2-8H2,1H3,(H,15,17)(H,19,20). The second-order valence-electron chi connectivity index (χ2n) is 5.56. The van der Waals surface area contributed by atoms with Crippen LogP contribution in [0.3, 0.4) is 0 Å². The van der Waals surface area contributed by atoms with Gasteiger partial charge in [-0.25, -0.2) is 0 Å². The van der Waals surface area contributed by atoms with Gasteiger partial charge in [-0.15, -0.1) is 0 Å². The van der Waals surface area contributed by atoms with Gasteiger partial charge in [0.1, 0.15) is 6.04 Å². The summed E-state index contributed by atoms with van der Waals surface area (Å²) < 4.78 is 5.30. The maximum absolute atomic E-state index is 12.6. The van der Waals surface area contributed by atoms with E-state index in [9.17, 15) is 14.4 Å². The number of nitrogens with zero attached hydrogens (tertiary/aromatic N) is 1. The number of amides is 2. The van der Waals surface area contributed by atoms with Crippen molar-refractivity contribution in [3.63, 3.8) is 0 Å². The van der Waals surface area contributed by atoms with Crippen molar-refractivity contribution in [3.05, 3.63) is 0 Å². The predicted octanol–water partition coefficient (Wildman–Crippen LogP) is -0.149. The van der Waals surface area contributed by atoms with Crippen LogP contribution in [0.1, 0.15) is 26.2 Å². The fourth-order valence-electron chi connectivity index (χ4n) is 3.04. The quantitative estimate of drug-likeness (QED) is 0.752. The molecule has 1 aliphatic carbocycles. The number of carbonyl (C=O) groups is 3. The normalized spacial score (nSPS) is 29.2. The molecule has 7 heteroatoms. The van der Waals surface area contributed by atoms with Crippen LogP contribution in [0.25, 0.3) is 0 Å². The van der Waals surface area contributed by atoms with Crippen molar-refractivity contribution in [1.82, 2.24) is 10.2 Å². The molecule has 0 bridgehead atoms. The fourth-order valence-corrected chi connectivity index (χ4v) is 3.04. The Morgan fingerprint density at radius 3 is 2.62 bits per heavy atom. The highest BCUT2D eigenvalue weighted by Crippen LogP contribution is 2.33. The molecule has 0 aromatic rings. The summed E-state index contributed by atoms with van der Waals surface area (Å²) in [6.45, 7) is 3.32. The lowest BCUT2D eigenvalue weighted by molar-refractivity contribution is -0.151. The SMILES string of the molecule is CCNC(=O)C1COCCN1C(=O)C1CCC(C(=O)O)C1. The Morgan fingerprint density at radius 1 is 1.29 bits per heavy atom. The smallest absolute Gasteiger partial charge is 0.306 e. The molecule has 0 aromatic heterocycles. The zero-order chi connectivity index (χ0) is 15.4. The van der Waals surface area contributed by atoms with Crippen LogP contribution in [0.15, 0.2) is 0 Å². The monoisotopic (exact) mass is 298 g/mol. The minimum atomic E-state index is -0.840. The van der Waals surface area contributed by atoms with E-state index in [-0.39, 0.29) is 24.3 Å². The molecule has 0 aromatic carbocycles. The zero-order valence-electron chi connectivity index (χ0n) is 12.2. The van der Waals surface area contributed by atoms with Crippen molar-refractivity contribution in [2.75, 3.05) is 26.3 Å². The van der Waals surface area contributed by atoms with Crippen molar-refractivity contribution in [1.29, 1.82) is 0 Å². The van der Waals surface area contributed by atoms with Crippen molar-refractivity contribution in [2.45, 2.75) is 32.2 Å². The molecule has 2 fully saturated rings. The molecule has 2 N–H and O–H groups in total. The minimum absolute atomic E-state index is 0.113. The summed E-state index contributed by atoms with van der Waals surface area (Å²) in [5, 5.41) is 11.7. The van der Waals surface area contributed by atoms with Gasteiger partial charge < -0.3 is 20.1 Å². The van der Waals surface area contributed by atoms with Crippen LogP contribution < -0.4 is 5.32 Å². The number of rotatable bonds is 4. The van der Waals surface area contributed by atoms with E-state index < -0.39 is 17.9 Å². The summed E-state index contributed by atoms with van der Waals surface area (Å²) in [5.74, 6) is -1.90. The molecule has 1 saturated heterocycles. The number of nitrogens with one attached hydrogen (secondary N) is 1. The number of hydrogen-bond acceptors (Lipinski definition) is 4. The molecule has 3 unspecified atom stereocenters. The van der Waals surface area contributed by atoms with E-state index in [4.69, 9.17) is 9.84 Å².